The van der Waals surface area contributed by atoms with Crippen molar-refractivity contribution >= 4 is 75.3 Å². The van der Waals surface area contributed by atoms with E-state index in [2.05, 4.69) is 150 Å². The molecule has 0 saturated heterocycles. The summed E-state index contributed by atoms with van der Waals surface area (Å²) < 4.78 is 11.7. The number of aromatic nitrogens is 4. The zero-order valence-corrected chi connectivity index (χ0v) is 31.2. The molecule has 0 fully saturated rings. The molecule has 0 spiro atoms. The van der Waals surface area contributed by atoms with Crippen molar-refractivity contribution < 1.29 is 4.42 Å². The number of rotatable bonds is 5. The standard InChI is InChI=1S/C51H30N4OS/c1-3-14-31(15-4-1)49-52-50(32-16-5-2-6-17-32)54-51(53-49)47-41(55-39-22-10-7-18-35(39)36-19-8-11-23-40(36)55)27-28-43-48(47)46-34(21-13-24-42(46)56-43)33-26-29-45-38(30-33)37-20-9-12-25-44(37)57-45/h1-30H. The molecule has 0 amide bonds. The molecule has 4 aromatic heterocycles. The average molecular weight is 747 g/mol. The smallest absolute Gasteiger partial charge is 0.166 e. The van der Waals surface area contributed by atoms with Crippen molar-refractivity contribution in [3.63, 3.8) is 0 Å². The van der Waals surface area contributed by atoms with Crippen molar-refractivity contribution in [2.75, 3.05) is 0 Å². The van der Waals surface area contributed by atoms with Gasteiger partial charge in [-0.25, -0.2) is 15.0 Å². The number of thiophene rings is 1. The monoisotopic (exact) mass is 746 g/mol. The fourth-order valence-electron chi connectivity index (χ4n) is 8.55. The van der Waals surface area contributed by atoms with Crippen LogP contribution in [0, 0.1) is 0 Å². The van der Waals surface area contributed by atoms with Crippen LogP contribution < -0.4 is 0 Å². The molecule has 0 N–H and O–H groups in total. The molecule has 5 nitrogen and oxygen atoms in total. The molecule has 0 unspecified atom stereocenters. The predicted octanol–water partition coefficient (Wildman–Crippen LogP) is 13.9. The van der Waals surface area contributed by atoms with Crippen LogP contribution in [-0.2, 0) is 0 Å². The Morgan fingerprint density at radius 3 is 1.68 bits per heavy atom. The fraction of sp³-hybridized carbons (Fsp3) is 0. The molecule has 0 radical (unpaired) electrons. The van der Waals surface area contributed by atoms with E-state index in [1.807, 2.05) is 47.7 Å². The molecule has 57 heavy (non-hydrogen) atoms. The summed E-state index contributed by atoms with van der Waals surface area (Å²) in [5, 5.41) is 6.86. The number of hydrogen-bond donors (Lipinski definition) is 0. The van der Waals surface area contributed by atoms with Crippen molar-refractivity contribution in [1.82, 2.24) is 19.5 Å². The van der Waals surface area contributed by atoms with Gasteiger partial charge in [0.25, 0.3) is 0 Å². The topological polar surface area (TPSA) is 56.7 Å². The summed E-state index contributed by atoms with van der Waals surface area (Å²) >= 11 is 1.83. The first-order chi connectivity index (χ1) is 28.3. The molecule has 6 heteroatoms. The normalized spacial score (nSPS) is 11.9. The second-order valence-corrected chi connectivity index (χ2v) is 15.4. The second kappa shape index (κ2) is 12.6. The molecule has 0 aliphatic rings. The molecule has 0 saturated carbocycles. The summed E-state index contributed by atoms with van der Waals surface area (Å²) in [6, 6.07) is 63.7. The van der Waals surface area contributed by atoms with Gasteiger partial charge < -0.3 is 8.98 Å². The van der Waals surface area contributed by atoms with E-state index >= 15 is 0 Å². The van der Waals surface area contributed by atoms with E-state index in [1.54, 1.807) is 0 Å². The van der Waals surface area contributed by atoms with Gasteiger partial charge in [0.05, 0.1) is 22.3 Å². The molecule has 0 bridgehead atoms. The van der Waals surface area contributed by atoms with Gasteiger partial charge in [-0.15, -0.1) is 11.3 Å². The maximum Gasteiger partial charge on any atom is 0.166 e. The van der Waals surface area contributed by atoms with E-state index in [9.17, 15) is 0 Å². The summed E-state index contributed by atoms with van der Waals surface area (Å²) in [7, 11) is 0. The molecule has 12 aromatic rings. The van der Waals surface area contributed by atoms with Gasteiger partial charge in [0, 0.05) is 52.8 Å². The lowest BCUT2D eigenvalue weighted by Gasteiger charge is -2.16. The largest absolute Gasteiger partial charge is 0.456 e. The summed E-state index contributed by atoms with van der Waals surface area (Å²) in [5.74, 6) is 1.78. The highest BCUT2D eigenvalue weighted by Gasteiger charge is 2.26. The minimum atomic E-state index is 0.571. The van der Waals surface area contributed by atoms with Crippen molar-refractivity contribution in [3.8, 4) is 51.0 Å². The zero-order valence-electron chi connectivity index (χ0n) is 30.4. The van der Waals surface area contributed by atoms with Gasteiger partial charge in [0.2, 0.25) is 0 Å². The van der Waals surface area contributed by atoms with Crippen molar-refractivity contribution in [2.45, 2.75) is 0 Å². The molecule has 0 aliphatic heterocycles. The van der Waals surface area contributed by atoms with E-state index in [1.165, 1.54) is 30.9 Å². The number of hydrogen-bond acceptors (Lipinski definition) is 5. The Hall–Kier alpha value is -7.41. The third kappa shape index (κ3) is 4.98. The Balaban J connectivity index is 1.24. The molecular formula is C51H30N4OS. The van der Waals surface area contributed by atoms with Crippen LogP contribution in [0.5, 0.6) is 0 Å². The van der Waals surface area contributed by atoms with Crippen molar-refractivity contribution in [1.29, 1.82) is 0 Å². The van der Waals surface area contributed by atoms with Crippen LogP contribution in [0.2, 0.25) is 0 Å². The number of fused-ring (bicyclic) bond motifs is 9. The Morgan fingerprint density at radius 2 is 0.982 bits per heavy atom. The summed E-state index contributed by atoms with van der Waals surface area (Å²) in [6.07, 6.45) is 0. The molecule has 4 heterocycles. The van der Waals surface area contributed by atoms with Crippen molar-refractivity contribution in [3.05, 3.63) is 182 Å². The lowest BCUT2D eigenvalue weighted by Crippen LogP contribution is -2.04. The van der Waals surface area contributed by atoms with Crippen LogP contribution in [0.1, 0.15) is 0 Å². The molecule has 266 valence electrons. The van der Waals surface area contributed by atoms with Gasteiger partial charge in [-0.05, 0) is 59.7 Å². The first-order valence-corrected chi connectivity index (χ1v) is 19.8. The van der Waals surface area contributed by atoms with Gasteiger partial charge in [0.1, 0.15) is 11.2 Å². The van der Waals surface area contributed by atoms with Gasteiger partial charge in [-0.3, -0.25) is 0 Å². The molecule has 0 atom stereocenters. The summed E-state index contributed by atoms with van der Waals surface area (Å²) in [4.78, 5) is 15.8. The molecule has 0 aliphatic carbocycles. The Kier molecular flexibility index (Phi) is 7.03. The van der Waals surface area contributed by atoms with Crippen LogP contribution in [0.4, 0.5) is 0 Å². The van der Waals surface area contributed by atoms with Crippen molar-refractivity contribution in [2.24, 2.45) is 0 Å². The predicted molar refractivity (Wildman–Crippen MR) is 236 cm³/mol. The lowest BCUT2D eigenvalue weighted by molar-refractivity contribution is 0.669. The van der Waals surface area contributed by atoms with E-state index in [-0.39, 0.29) is 0 Å². The maximum absolute atomic E-state index is 6.82. The molecule has 12 rings (SSSR count). The lowest BCUT2D eigenvalue weighted by atomic mass is 9.95. The third-order valence-electron chi connectivity index (χ3n) is 11.1. The zero-order chi connectivity index (χ0) is 37.5. The highest BCUT2D eigenvalue weighted by molar-refractivity contribution is 7.25. The SMILES string of the molecule is c1ccc(-c2nc(-c3ccccc3)nc(-c3c(-n4c5ccccc5c5ccccc54)ccc4oc5cccc(-c6ccc7sc8ccccc8c7c6)c5c34)n2)cc1. The highest BCUT2D eigenvalue weighted by atomic mass is 32.1. The van der Waals surface area contributed by atoms with E-state index in [0.717, 1.165) is 66.5 Å². The summed E-state index contributed by atoms with van der Waals surface area (Å²) in [6.45, 7) is 0. The fourth-order valence-corrected chi connectivity index (χ4v) is 9.63. The number of benzene rings is 8. The minimum Gasteiger partial charge on any atom is -0.456 e. The number of furan rings is 1. The Labute approximate surface area is 330 Å². The molecular weight excluding hydrogens is 717 g/mol. The van der Waals surface area contributed by atoms with Crippen LogP contribution >= 0.6 is 11.3 Å². The van der Waals surface area contributed by atoms with Crippen LogP contribution in [0.15, 0.2) is 186 Å². The summed E-state index contributed by atoms with van der Waals surface area (Å²) in [5.41, 5.74) is 9.65. The van der Waals surface area contributed by atoms with E-state index < -0.39 is 0 Å². The second-order valence-electron chi connectivity index (χ2n) is 14.3. The molecule has 8 aromatic carbocycles. The minimum absolute atomic E-state index is 0.571. The third-order valence-corrected chi connectivity index (χ3v) is 12.2. The van der Waals surface area contributed by atoms with Crippen LogP contribution in [0.25, 0.3) is 115 Å². The highest BCUT2D eigenvalue weighted by Crippen LogP contribution is 2.46. The first kappa shape index (κ1) is 31.9. The van der Waals surface area contributed by atoms with Crippen LogP contribution in [-0.4, -0.2) is 19.5 Å². The van der Waals surface area contributed by atoms with E-state index in [0.29, 0.717) is 17.5 Å². The van der Waals surface area contributed by atoms with Gasteiger partial charge in [-0.2, -0.15) is 0 Å². The van der Waals surface area contributed by atoms with E-state index in [4.69, 9.17) is 19.4 Å². The van der Waals surface area contributed by atoms with Gasteiger partial charge in [-0.1, -0.05) is 133 Å². The maximum atomic E-state index is 6.82. The Bertz CT molecular complexity index is 3420. The van der Waals surface area contributed by atoms with Gasteiger partial charge in [0.15, 0.2) is 17.5 Å². The first-order valence-electron chi connectivity index (χ1n) is 19.0. The van der Waals surface area contributed by atoms with Gasteiger partial charge >= 0.3 is 0 Å². The number of para-hydroxylation sites is 2. The number of nitrogens with zero attached hydrogens (tertiary/aromatic N) is 4. The quantitative estimate of drug-likeness (QED) is 0.176. The van der Waals surface area contributed by atoms with Crippen LogP contribution in [0.3, 0.4) is 0 Å². The Morgan fingerprint density at radius 1 is 0.404 bits per heavy atom. The average Bonchev–Trinajstić information content (AvgIpc) is 3.96.